The van der Waals surface area contributed by atoms with Gasteiger partial charge in [-0.1, -0.05) is 12.1 Å². The molecule has 0 amide bonds. The second-order valence-corrected chi connectivity index (χ2v) is 6.29. The molecule has 1 saturated heterocycles. The lowest BCUT2D eigenvalue weighted by molar-refractivity contribution is 0.121. The molecule has 7 nitrogen and oxygen atoms in total. The summed E-state index contributed by atoms with van der Waals surface area (Å²) in [5.74, 6) is 0.682. The Morgan fingerprint density at radius 1 is 1.19 bits per heavy atom. The fraction of sp³-hybridized carbons (Fsp3) is 0.316. The van der Waals surface area contributed by atoms with E-state index in [4.69, 9.17) is 9.72 Å². The quantitative estimate of drug-likeness (QED) is 0.772. The smallest absolute Gasteiger partial charge is 0.262 e. The van der Waals surface area contributed by atoms with E-state index in [1.807, 2.05) is 36.5 Å². The monoisotopic (exact) mass is 351 g/mol. The van der Waals surface area contributed by atoms with Crippen LogP contribution in [-0.2, 0) is 18.3 Å². The Bertz CT molecular complexity index is 965. The van der Waals surface area contributed by atoms with E-state index in [0.717, 1.165) is 24.3 Å². The molecule has 7 heteroatoms. The van der Waals surface area contributed by atoms with Crippen LogP contribution in [0.3, 0.4) is 0 Å². The molecule has 1 aliphatic rings. The van der Waals surface area contributed by atoms with Gasteiger partial charge in [0.2, 0.25) is 5.95 Å². The Kier molecular flexibility index (Phi) is 4.53. The van der Waals surface area contributed by atoms with Crippen LogP contribution < -0.4 is 15.8 Å². The minimum absolute atomic E-state index is 0.0403. The first-order chi connectivity index (χ1) is 12.7. The van der Waals surface area contributed by atoms with Crippen molar-refractivity contribution >= 4 is 22.5 Å². The number of aromatic nitrogens is 3. The van der Waals surface area contributed by atoms with Crippen LogP contribution in [0.5, 0.6) is 0 Å². The molecule has 2 aromatic heterocycles. The minimum Gasteiger partial charge on any atom is -0.379 e. The van der Waals surface area contributed by atoms with Gasteiger partial charge in [-0.25, -0.2) is 4.98 Å². The SMILES string of the molecule is Cn1c(N2CCOCC2)nc2c(NCc3cccnc3)cccc2c1=O. The van der Waals surface area contributed by atoms with Crippen LogP contribution in [0.15, 0.2) is 47.5 Å². The number of benzene rings is 1. The van der Waals surface area contributed by atoms with E-state index in [9.17, 15) is 4.79 Å². The van der Waals surface area contributed by atoms with Crippen LogP contribution in [0.1, 0.15) is 5.56 Å². The number of morpholine rings is 1. The molecule has 1 aromatic carbocycles. The number of para-hydroxylation sites is 1. The Morgan fingerprint density at radius 3 is 2.81 bits per heavy atom. The predicted octanol–water partition coefficient (Wildman–Crippen LogP) is 1.78. The zero-order valence-electron chi connectivity index (χ0n) is 14.7. The minimum atomic E-state index is -0.0403. The van der Waals surface area contributed by atoms with Crippen molar-refractivity contribution < 1.29 is 4.74 Å². The van der Waals surface area contributed by atoms with Gasteiger partial charge in [-0.2, -0.15) is 0 Å². The van der Waals surface area contributed by atoms with Gasteiger partial charge in [-0.15, -0.1) is 0 Å². The van der Waals surface area contributed by atoms with Gasteiger partial charge in [-0.05, 0) is 23.8 Å². The molecule has 0 aliphatic carbocycles. The highest BCUT2D eigenvalue weighted by Gasteiger charge is 2.18. The zero-order valence-corrected chi connectivity index (χ0v) is 14.7. The molecule has 0 spiro atoms. The van der Waals surface area contributed by atoms with E-state index in [1.165, 1.54) is 0 Å². The molecule has 0 saturated carbocycles. The fourth-order valence-corrected chi connectivity index (χ4v) is 3.17. The van der Waals surface area contributed by atoms with E-state index in [-0.39, 0.29) is 5.56 Å². The normalized spacial score (nSPS) is 14.6. The number of nitrogens with zero attached hydrogens (tertiary/aromatic N) is 4. The van der Waals surface area contributed by atoms with E-state index in [2.05, 4.69) is 15.2 Å². The molecule has 26 heavy (non-hydrogen) atoms. The molecular weight excluding hydrogens is 330 g/mol. The molecule has 3 heterocycles. The highest BCUT2D eigenvalue weighted by Crippen LogP contribution is 2.23. The number of hydrogen-bond acceptors (Lipinski definition) is 6. The van der Waals surface area contributed by atoms with Crippen LogP contribution in [-0.4, -0.2) is 40.8 Å². The van der Waals surface area contributed by atoms with Gasteiger partial charge in [0.1, 0.15) is 5.52 Å². The lowest BCUT2D eigenvalue weighted by Crippen LogP contribution is -2.40. The van der Waals surface area contributed by atoms with Gasteiger partial charge in [-0.3, -0.25) is 14.3 Å². The van der Waals surface area contributed by atoms with Crippen molar-refractivity contribution in [3.05, 3.63) is 58.6 Å². The Morgan fingerprint density at radius 2 is 2.04 bits per heavy atom. The first kappa shape index (κ1) is 16.5. The van der Waals surface area contributed by atoms with Gasteiger partial charge < -0.3 is 15.0 Å². The second kappa shape index (κ2) is 7.13. The Balaban J connectivity index is 1.74. The molecule has 0 radical (unpaired) electrons. The second-order valence-electron chi connectivity index (χ2n) is 6.29. The topological polar surface area (TPSA) is 72.3 Å². The van der Waals surface area contributed by atoms with E-state index < -0.39 is 0 Å². The van der Waals surface area contributed by atoms with Crippen LogP contribution in [0.4, 0.5) is 11.6 Å². The van der Waals surface area contributed by atoms with Crippen molar-refractivity contribution in [2.45, 2.75) is 6.54 Å². The molecule has 134 valence electrons. The molecule has 3 aromatic rings. The maximum absolute atomic E-state index is 12.8. The summed E-state index contributed by atoms with van der Waals surface area (Å²) in [4.78, 5) is 23.9. The number of fused-ring (bicyclic) bond motifs is 1. The van der Waals surface area contributed by atoms with Crippen molar-refractivity contribution in [2.24, 2.45) is 7.05 Å². The molecule has 1 aliphatic heterocycles. The third kappa shape index (κ3) is 3.13. The fourth-order valence-electron chi connectivity index (χ4n) is 3.17. The van der Waals surface area contributed by atoms with Gasteiger partial charge in [0.25, 0.3) is 5.56 Å². The molecule has 4 rings (SSSR count). The number of pyridine rings is 1. The largest absolute Gasteiger partial charge is 0.379 e. The average molecular weight is 351 g/mol. The number of rotatable bonds is 4. The number of ether oxygens (including phenoxy) is 1. The summed E-state index contributed by atoms with van der Waals surface area (Å²) < 4.78 is 7.04. The summed E-state index contributed by atoms with van der Waals surface area (Å²) in [6, 6.07) is 9.57. The van der Waals surface area contributed by atoms with Crippen LogP contribution in [0.25, 0.3) is 10.9 Å². The summed E-state index contributed by atoms with van der Waals surface area (Å²) in [6.45, 7) is 3.38. The van der Waals surface area contributed by atoms with E-state index in [0.29, 0.717) is 36.6 Å². The maximum atomic E-state index is 12.8. The molecule has 1 fully saturated rings. The first-order valence-corrected chi connectivity index (χ1v) is 8.69. The highest BCUT2D eigenvalue weighted by atomic mass is 16.5. The van der Waals surface area contributed by atoms with Gasteiger partial charge in [0, 0.05) is 39.1 Å². The van der Waals surface area contributed by atoms with Crippen LogP contribution >= 0.6 is 0 Å². The van der Waals surface area contributed by atoms with Crippen LogP contribution in [0, 0.1) is 0 Å². The number of hydrogen-bond donors (Lipinski definition) is 1. The summed E-state index contributed by atoms with van der Waals surface area (Å²) in [5, 5.41) is 4.00. The van der Waals surface area contributed by atoms with Gasteiger partial charge in [0.15, 0.2) is 0 Å². The molecular formula is C19H21N5O2. The number of anilines is 2. The van der Waals surface area contributed by atoms with Gasteiger partial charge in [0.05, 0.1) is 24.3 Å². The predicted molar refractivity (Wildman–Crippen MR) is 102 cm³/mol. The molecule has 1 N–H and O–H groups in total. The standard InChI is InChI=1S/C19H21N5O2/c1-23-18(25)15-5-2-6-16(21-13-14-4-3-7-20-12-14)17(15)22-19(23)24-8-10-26-11-9-24/h2-7,12,21H,8-11,13H2,1H3. The zero-order chi connectivity index (χ0) is 17.9. The Hall–Kier alpha value is -2.93. The van der Waals surface area contributed by atoms with E-state index >= 15 is 0 Å². The van der Waals surface area contributed by atoms with Crippen molar-refractivity contribution in [1.29, 1.82) is 0 Å². The summed E-state index contributed by atoms with van der Waals surface area (Å²) in [6.07, 6.45) is 3.57. The summed E-state index contributed by atoms with van der Waals surface area (Å²) in [5.41, 5.74) is 2.57. The molecule has 0 bridgehead atoms. The average Bonchev–Trinajstić information content (AvgIpc) is 2.70. The summed E-state index contributed by atoms with van der Waals surface area (Å²) in [7, 11) is 1.77. The van der Waals surface area contributed by atoms with Crippen molar-refractivity contribution in [3.63, 3.8) is 0 Å². The first-order valence-electron chi connectivity index (χ1n) is 8.69. The van der Waals surface area contributed by atoms with Gasteiger partial charge >= 0.3 is 0 Å². The van der Waals surface area contributed by atoms with Crippen molar-refractivity contribution in [2.75, 3.05) is 36.5 Å². The highest BCUT2D eigenvalue weighted by molar-refractivity contribution is 5.90. The Labute approximate surface area is 151 Å². The molecule has 0 unspecified atom stereocenters. The van der Waals surface area contributed by atoms with Crippen molar-refractivity contribution in [3.8, 4) is 0 Å². The maximum Gasteiger partial charge on any atom is 0.262 e. The summed E-state index contributed by atoms with van der Waals surface area (Å²) >= 11 is 0. The van der Waals surface area contributed by atoms with E-state index in [1.54, 1.807) is 17.8 Å². The van der Waals surface area contributed by atoms with Crippen molar-refractivity contribution in [1.82, 2.24) is 14.5 Å². The molecule has 0 atom stereocenters. The third-order valence-corrected chi connectivity index (χ3v) is 4.58. The van der Waals surface area contributed by atoms with Crippen LogP contribution in [0.2, 0.25) is 0 Å². The number of nitrogens with one attached hydrogen (secondary N) is 1. The third-order valence-electron chi connectivity index (χ3n) is 4.58. The lowest BCUT2D eigenvalue weighted by Gasteiger charge is -2.29. The lowest BCUT2D eigenvalue weighted by atomic mass is 10.2.